The molecule has 12 heavy (non-hydrogen) atoms. The van der Waals surface area contributed by atoms with Crippen molar-refractivity contribution in [1.82, 2.24) is 10.6 Å². The highest BCUT2D eigenvalue weighted by Crippen LogP contribution is 2.15. The second-order valence-electron chi connectivity index (χ2n) is 2.81. The van der Waals surface area contributed by atoms with E-state index in [4.69, 9.17) is 9.47 Å². The largest absolute Gasteiger partial charge is 0.352 e. The molecule has 2 aliphatic rings. The van der Waals surface area contributed by atoms with Crippen LogP contribution in [0.15, 0.2) is 0 Å². The van der Waals surface area contributed by atoms with Crippen molar-refractivity contribution in [2.45, 2.75) is 5.54 Å². The van der Waals surface area contributed by atoms with E-state index in [1.807, 2.05) is 0 Å². The molecule has 6 heteroatoms. The molecule has 2 rings (SSSR count). The van der Waals surface area contributed by atoms with E-state index in [1.54, 1.807) is 0 Å². The van der Waals surface area contributed by atoms with Gasteiger partial charge in [0.05, 0.1) is 13.2 Å². The van der Waals surface area contributed by atoms with Crippen molar-refractivity contribution in [3.05, 3.63) is 0 Å². The molecule has 2 fully saturated rings. The fourth-order valence-corrected chi connectivity index (χ4v) is 1.26. The first-order valence-electron chi connectivity index (χ1n) is 3.52. The zero-order valence-electron chi connectivity index (χ0n) is 6.25. The van der Waals surface area contributed by atoms with Crippen LogP contribution in [0.1, 0.15) is 0 Å². The number of urea groups is 1. The second kappa shape index (κ2) is 2.43. The van der Waals surface area contributed by atoms with Gasteiger partial charge < -0.3 is 14.8 Å². The second-order valence-corrected chi connectivity index (χ2v) is 2.81. The smallest absolute Gasteiger partial charge is 0.322 e. The van der Waals surface area contributed by atoms with Crippen LogP contribution in [-0.2, 0) is 14.3 Å². The molecule has 6 nitrogen and oxygen atoms in total. The van der Waals surface area contributed by atoms with Crippen LogP contribution < -0.4 is 10.6 Å². The first-order chi connectivity index (χ1) is 5.73. The van der Waals surface area contributed by atoms with Gasteiger partial charge in [-0.25, -0.2) is 4.79 Å². The molecule has 0 saturated carbocycles. The maximum atomic E-state index is 11.2. The van der Waals surface area contributed by atoms with Crippen LogP contribution in [-0.4, -0.2) is 37.5 Å². The monoisotopic (exact) mass is 172 g/mol. The van der Waals surface area contributed by atoms with Crippen LogP contribution in [0.25, 0.3) is 0 Å². The summed E-state index contributed by atoms with van der Waals surface area (Å²) < 4.78 is 9.86. The maximum absolute atomic E-state index is 11.2. The normalized spacial score (nSPS) is 27.0. The number of imide groups is 1. The molecule has 1 spiro atoms. The van der Waals surface area contributed by atoms with E-state index in [1.165, 1.54) is 0 Å². The minimum absolute atomic E-state index is 0.171. The Balaban J connectivity index is 2.18. The zero-order valence-corrected chi connectivity index (χ0v) is 6.25. The first kappa shape index (κ1) is 7.51. The number of ether oxygens (including phenoxy) is 2. The number of rotatable bonds is 0. The van der Waals surface area contributed by atoms with Crippen LogP contribution in [0, 0.1) is 0 Å². The number of carbonyl (C=O) groups is 2. The average Bonchev–Trinajstić information content (AvgIpc) is 2.29. The van der Waals surface area contributed by atoms with E-state index < -0.39 is 11.6 Å². The third kappa shape index (κ3) is 0.961. The molecule has 2 N–H and O–H groups in total. The molecule has 2 heterocycles. The summed E-state index contributed by atoms with van der Waals surface area (Å²) in [6, 6.07) is -0.492. The molecule has 2 aliphatic heterocycles. The van der Waals surface area contributed by atoms with Crippen LogP contribution in [0.4, 0.5) is 4.79 Å². The van der Waals surface area contributed by atoms with E-state index in [9.17, 15) is 9.59 Å². The lowest BCUT2D eigenvalue weighted by molar-refractivity contribution is -0.156. The third-order valence-corrected chi connectivity index (χ3v) is 1.88. The number of amides is 3. The van der Waals surface area contributed by atoms with Gasteiger partial charge in [0.1, 0.15) is 6.79 Å². The Morgan fingerprint density at radius 1 is 1.25 bits per heavy atom. The summed E-state index contributed by atoms with van der Waals surface area (Å²) in [6.45, 7) is 0.514. The summed E-state index contributed by atoms with van der Waals surface area (Å²) in [4.78, 5) is 22.0. The summed E-state index contributed by atoms with van der Waals surface area (Å²) in [6.07, 6.45) is 0. The van der Waals surface area contributed by atoms with Crippen molar-refractivity contribution in [2.24, 2.45) is 0 Å². The molecule has 0 aromatic rings. The lowest BCUT2D eigenvalue weighted by Crippen LogP contribution is -2.57. The summed E-state index contributed by atoms with van der Waals surface area (Å²) in [5.41, 5.74) is -0.991. The summed E-state index contributed by atoms with van der Waals surface area (Å²) in [7, 11) is 0. The van der Waals surface area contributed by atoms with Crippen molar-refractivity contribution >= 4 is 11.9 Å². The van der Waals surface area contributed by atoms with Crippen LogP contribution in [0.3, 0.4) is 0 Å². The summed E-state index contributed by atoms with van der Waals surface area (Å²) in [5.74, 6) is -0.382. The molecule has 0 bridgehead atoms. The van der Waals surface area contributed by atoms with E-state index in [2.05, 4.69) is 10.6 Å². The lowest BCUT2D eigenvalue weighted by Gasteiger charge is -2.29. The van der Waals surface area contributed by atoms with Gasteiger partial charge in [-0.2, -0.15) is 0 Å². The number of hydrogen-bond donors (Lipinski definition) is 2. The van der Waals surface area contributed by atoms with Gasteiger partial charge in [-0.15, -0.1) is 0 Å². The van der Waals surface area contributed by atoms with Gasteiger partial charge in [-0.3, -0.25) is 10.1 Å². The molecular weight excluding hydrogens is 164 g/mol. The van der Waals surface area contributed by atoms with Crippen LogP contribution in [0.2, 0.25) is 0 Å². The molecule has 3 amide bonds. The SMILES string of the molecule is O=C1NC(=O)C2(COCOC2)N1. The van der Waals surface area contributed by atoms with Gasteiger partial charge in [0.15, 0.2) is 5.54 Å². The minimum Gasteiger partial charge on any atom is -0.352 e. The van der Waals surface area contributed by atoms with Gasteiger partial charge in [-0.1, -0.05) is 0 Å². The molecule has 0 aromatic heterocycles. The first-order valence-corrected chi connectivity index (χ1v) is 3.52. The predicted octanol–water partition coefficient (Wildman–Crippen LogP) is -1.43. The number of nitrogens with one attached hydrogen (secondary N) is 2. The van der Waals surface area contributed by atoms with E-state index >= 15 is 0 Å². The van der Waals surface area contributed by atoms with Gasteiger partial charge in [0.25, 0.3) is 5.91 Å². The molecule has 0 unspecified atom stereocenters. The Bertz CT molecular complexity index is 234. The predicted molar refractivity (Wildman–Crippen MR) is 36.2 cm³/mol. The molecule has 2 saturated heterocycles. The summed E-state index contributed by atoms with van der Waals surface area (Å²) in [5, 5.41) is 4.60. The van der Waals surface area contributed by atoms with Gasteiger partial charge >= 0.3 is 6.03 Å². The fourth-order valence-electron chi connectivity index (χ4n) is 1.26. The van der Waals surface area contributed by atoms with Crippen molar-refractivity contribution < 1.29 is 19.1 Å². The molecule has 0 aromatic carbocycles. The zero-order chi connectivity index (χ0) is 8.60. The third-order valence-electron chi connectivity index (χ3n) is 1.88. The van der Waals surface area contributed by atoms with E-state index in [0.29, 0.717) is 0 Å². The number of carbonyl (C=O) groups excluding carboxylic acids is 2. The van der Waals surface area contributed by atoms with Gasteiger partial charge in [-0.05, 0) is 0 Å². The van der Waals surface area contributed by atoms with Crippen LogP contribution in [0.5, 0.6) is 0 Å². The topological polar surface area (TPSA) is 76.7 Å². The standard InChI is InChI=1S/C6H8N2O4/c9-4-6(8-5(10)7-4)1-11-3-12-2-6/h1-3H2,(H2,7,8,9,10). The lowest BCUT2D eigenvalue weighted by atomic mass is 10.0. The van der Waals surface area contributed by atoms with Gasteiger partial charge in [0.2, 0.25) is 0 Å². The van der Waals surface area contributed by atoms with Gasteiger partial charge in [0, 0.05) is 0 Å². The molecule has 0 aliphatic carbocycles. The highest BCUT2D eigenvalue weighted by atomic mass is 16.7. The van der Waals surface area contributed by atoms with Crippen molar-refractivity contribution in [3.63, 3.8) is 0 Å². The van der Waals surface area contributed by atoms with E-state index in [-0.39, 0.29) is 25.9 Å². The Morgan fingerprint density at radius 2 is 1.92 bits per heavy atom. The molecular formula is C6H8N2O4. The fraction of sp³-hybridized carbons (Fsp3) is 0.667. The van der Waals surface area contributed by atoms with Crippen molar-refractivity contribution in [3.8, 4) is 0 Å². The summed E-state index contributed by atoms with van der Waals surface area (Å²) >= 11 is 0. The van der Waals surface area contributed by atoms with Crippen LogP contribution >= 0.6 is 0 Å². The van der Waals surface area contributed by atoms with Crippen molar-refractivity contribution in [2.75, 3.05) is 20.0 Å². The maximum Gasteiger partial charge on any atom is 0.322 e. The Kier molecular flexibility index (Phi) is 1.52. The van der Waals surface area contributed by atoms with E-state index in [0.717, 1.165) is 0 Å². The van der Waals surface area contributed by atoms with Crippen molar-refractivity contribution in [1.29, 1.82) is 0 Å². The Hall–Kier alpha value is -1.14. The highest BCUT2D eigenvalue weighted by molar-refractivity contribution is 6.07. The molecule has 66 valence electrons. The molecule has 0 atom stereocenters. The number of hydrogen-bond acceptors (Lipinski definition) is 4. The Labute approximate surface area is 68.2 Å². The highest BCUT2D eigenvalue weighted by Gasteiger charge is 2.48. The minimum atomic E-state index is -0.991. The quantitative estimate of drug-likeness (QED) is 0.439. The molecule has 0 radical (unpaired) electrons. The average molecular weight is 172 g/mol. The Morgan fingerprint density at radius 3 is 2.42 bits per heavy atom.